The number of rotatable bonds is 7. The number of carbonyl (C=O) groups is 2. The summed E-state index contributed by atoms with van der Waals surface area (Å²) in [4.78, 5) is 38.4. The maximum absolute atomic E-state index is 14.1. The Morgan fingerprint density at radius 3 is 1.49 bits per heavy atom. The molecule has 2 aliphatic heterocycles. The van der Waals surface area contributed by atoms with E-state index in [-0.39, 0.29) is 86.6 Å². The number of imidazole rings is 2. The first-order chi connectivity index (χ1) is 33.4. The van der Waals surface area contributed by atoms with Crippen molar-refractivity contribution in [2.24, 2.45) is 7.05 Å². The van der Waals surface area contributed by atoms with E-state index in [0.717, 1.165) is 56.6 Å². The summed E-state index contributed by atoms with van der Waals surface area (Å²) in [7, 11) is 1.86. The minimum Gasteiger partial charge on any atom is -0.323 e. The predicted octanol–water partition coefficient (Wildman–Crippen LogP) is 13.3. The van der Waals surface area contributed by atoms with Crippen molar-refractivity contribution in [1.29, 1.82) is 0 Å². The zero-order valence-corrected chi connectivity index (χ0v) is 39.7. The lowest BCUT2D eigenvalue weighted by molar-refractivity contribution is -0.118. The largest absolute Gasteiger partial charge is 0.323 e. The number of fused-ring (bicyclic) bond motifs is 2. The van der Waals surface area contributed by atoms with Crippen LogP contribution in [0.2, 0.25) is 0 Å². The first-order valence-corrected chi connectivity index (χ1v) is 24.1. The Balaban J connectivity index is 0.000000165. The van der Waals surface area contributed by atoms with E-state index in [9.17, 15) is 44.7 Å². The van der Waals surface area contributed by atoms with Crippen molar-refractivity contribution in [1.82, 2.24) is 28.9 Å². The number of aryl methyl sites for hydroxylation is 2. The molecule has 19 heteroatoms. The molecule has 0 spiro atoms. The molecular weight excluding hydrogens is 989 g/mol. The fraction of sp³-hybridized carbons (Fsp3) is 0.392. The molecule has 0 radical (unpaired) electrons. The van der Waals surface area contributed by atoms with Crippen molar-refractivity contribution in [3.05, 3.63) is 124 Å². The zero-order chi connectivity index (χ0) is 49.4. The Labute approximate surface area is 405 Å². The Kier molecular flexibility index (Phi) is 12.4. The van der Waals surface area contributed by atoms with Crippen molar-refractivity contribution in [2.75, 3.05) is 9.80 Å². The fourth-order valence-corrected chi connectivity index (χ4v) is 11.2. The molecule has 11 rings (SSSR count). The van der Waals surface area contributed by atoms with Crippen LogP contribution < -0.4 is 9.80 Å². The first kappa shape index (κ1) is 47.6. The van der Waals surface area contributed by atoms with Gasteiger partial charge >= 0.3 is 0 Å². The summed E-state index contributed by atoms with van der Waals surface area (Å²) in [5.74, 6) is -8.70. The van der Waals surface area contributed by atoms with Crippen molar-refractivity contribution in [3.8, 4) is 11.3 Å². The summed E-state index contributed by atoms with van der Waals surface area (Å²) in [5, 5.41) is 4.33. The molecular formula is C51H47BrF8N8O2. The number of anilines is 2. The van der Waals surface area contributed by atoms with Gasteiger partial charge in [0.25, 0.3) is 0 Å². The molecule has 2 aliphatic carbocycles. The second-order valence-electron chi connectivity index (χ2n) is 18.8. The van der Waals surface area contributed by atoms with Crippen LogP contribution in [0.1, 0.15) is 118 Å². The van der Waals surface area contributed by atoms with E-state index < -0.39 is 47.2 Å². The molecule has 2 atom stereocenters. The lowest BCUT2D eigenvalue weighted by Crippen LogP contribution is -2.32. The Morgan fingerprint density at radius 1 is 0.586 bits per heavy atom. The lowest BCUT2D eigenvalue weighted by Gasteiger charge is -2.32. The van der Waals surface area contributed by atoms with Gasteiger partial charge in [-0.15, -0.1) is 0 Å². The topological polar surface area (TPSA) is 94.1 Å². The van der Waals surface area contributed by atoms with Crippen molar-refractivity contribution in [3.63, 3.8) is 0 Å². The standard InChI is InChI=1S/C28H27F4N5O.C23H20BrF4N3O/c1-16-15-33-35(2)26(16)17-3-6-23-22(13-17)34-27(37(23)18-9-11-28(31,32)12-10-18)24-7-8-25(38)36(24)19-4-5-20(29)21(30)14-19;24-13-1-4-19-18(11-13)29-22(31(19)14-7-9-23(27,28)10-8-14)20-5-6-21(32)30(20)15-2-3-16(25)17(26)12-15/h3-6,13-15,18,24H,7-12H2,1-2H3;1-4,11-12,14,20H,5-10H2/t24-;20-/m00/s1. The highest BCUT2D eigenvalue weighted by molar-refractivity contribution is 9.10. The summed E-state index contributed by atoms with van der Waals surface area (Å²) >= 11 is 3.44. The number of aromatic nitrogens is 6. The van der Waals surface area contributed by atoms with Crippen LogP contribution in [-0.4, -0.2) is 52.5 Å². The van der Waals surface area contributed by atoms with E-state index in [1.807, 2.05) is 59.5 Å². The monoisotopic (exact) mass is 1030 g/mol. The quantitative estimate of drug-likeness (QED) is 0.148. The van der Waals surface area contributed by atoms with Gasteiger partial charge in [0.05, 0.1) is 46.0 Å². The molecule has 7 aromatic rings. The van der Waals surface area contributed by atoms with Gasteiger partial charge in [0.15, 0.2) is 23.3 Å². The molecule has 10 nitrogen and oxygen atoms in total. The number of nitrogens with zero attached hydrogens (tertiary/aromatic N) is 8. The van der Waals surface area contributed by atoms with E-state index in [1.165, 1.54) is 21.9 Å². The second kappa shape index (κ2) is 18.2. The molecule has 2 saturated heterocycles. The van der Waals surface area contributed by atoms with Crippen LogP contribution >= 0.6 is 15.9 Å². The summed E-state index contributed by atoms with van der Waals surface area (Å²) in [6, 6.07) is 16.8. The molecule has 5 heterocycles. The normalized spacial score (nSPS) is 20.8. The third kappa shape index (κ3) is 8.86. The molecule has 4 aromatic carbocycles. The molecule has 366 valence electrons. The molecule has 0 unspecified atom stereocenters. The number of carbonyl (C=O) groups excluding carboxylic acids is 2. The van der Waals surface area contributed by atoms with E-state index in [2.05, 4.69) is 21.0 Å². The molecule has 70 heavy (non-hydrogen) atoms. The highest BCUT2D eigenvalue weighted by Crippen LogP contribution is 2.47. The molecule has 3 aromatic heterocycles. The smallest absolute Gasteiger partial charge is 0.248 e. The maximum Gasteiger partial charge on any atom is 0.248 e. The van der Waals surface area contributed by atoms with Crippen molar-refractivity contribution >= 4 is 61.2 Å². The summed E-state index contributed by atoms with van der Waals surface area (Å²) < 4.78 is 118. The Morgan fingerprint density at radius 2 is 1.04 bits per heavy atom. The van der Waals surface area contributed by atoms with Crippen molar-refractivity contribution in [2.45, 2.75) is 120 Å². The van der Waals surface area contributed by atoms with Gasteiger partial charge < -0.3 is 18.9 Å². The van der Waals surface area contributed by atoms with Crippen LogP contribution in [0.15, 0.2) is 83.5 Å². The lowest BCUT2D eigenvalue weighted by atomic mass is 9.91. The van der Waals surface area contributed by atoms with Gasteiger partial charge in [-0.05, 0) is 106 Å². The van der Waals surface area contributed by atoms with E-state index in [0.29, 0.717) is 48.4 Å². The number of hydrogen-bond donors (Lipinski definition) is 0. The number of hydrogen-bond acceptors (Lipinski definition) is 5. The van der Waals surface area contributed by atoms with E-state index in [1.54, 1.807) is 10.9 Å². The number of alkyl halides is 4. The van der Waals surface area contributed by atoms with E-state index in [4.69, 9.17) is 9.97 Å². The number of halogens is 9. The third-order valence-corrected chi connectivity index (χ3v) is 14.8. The van der Waals surface area contributed by atoms with Gasteiger partial charge in [-0.3, -0.25) is 14.3 Å². The van der Waals surface area contributed by atoms with Gasteiger partial charge in [0.1, 0.15) is 11.6 Å². The zero-order valence-electron chi connectivity index (χ0n) is 38.1. The van der Waals surface area contributed by atoms with Gasteiger partial charge in [0.2, 0.25) is 23.7 Å². The number of amides is 2. The summed E-state index contributed by atoms with van der Waals surface area (Å²) in [6.07, 6.45) is 3.42. The Bertz CT molecular complexity index is 3150. The predicted molar refractivity (Wildman–Crippen MR) is 251 cm³/mol. The molecule has 2 amide bonds. The maximum atomic E-state index is 14.1. The second-order valence-corrected chi connectivity index (χ2v) is 19.7. The molecule has 4 fully saturated rings. The third-order valence-electron chi connectivity index (χ3n) is 14.3. The average molecular weight is 1040 g/mol. The van der Waals surface area contributed by atoms with Crippen LogP contribution in [0.5, 0.6) is 0 Å². The van der Waals surface area contributed by atoms with Gasteiger partial charge in [-0.2, -0.15) is 5.10 Å². The fourth-order valence-electron chi connectivity index (χ4n) is 10.9. The van der Waals surface area contributed by atoms with Crippen LogP contribution in [0, 0.1) is 30.2 Å². The van der Waals surface area contributed by atoms with Crippen molar-refractivity contribution < 1.29 is 44.7 Å². The highest BCUT2D eigenvalue weighted by Gasteiger charge is 2.43. The molecule has 0 bridgehead atoms. The molecule has 4 aliphatic rings. The summed E-state index contributed by atoms with van der Waals surface area (Å²) in [6.45, 7) is 1.97. The number of benzene rings is 4. The SMILES string of the molecule is Cc1cnn(C)c1-c1ccc2c(c1)nc([C@@H]1CCC(=O)N1c1ccc(F)c(F)c1)n2C1CCC(F)(F)CC1.O=C1CC[C@@H](c2nc3cc(Br)ccc3n2C2CCC(F)(F)CC2)N1c1ccc(F)c(F)c1. The van der Waals surface area contributed by atoms with Crippen LogP contribution in [-0.2, 0) is 16.6 Å². The van der Waals surface area contributed by atoms with Gasteiger partial charge in [0, 0.05) is 91.2 Å². The van der Waals surface area contributed by atoms with Crippen LogP contribution in [0.4, 0.5) is 46.5 Å². The minimum atomic E-state index is -2.70. The first-order valence-electron chi connectivity index (χ1n) is 23.3. The van der Waals surface area contributed by atoms with Gasteiger partial charge in [-0.25, -0.2) is 45.1 Å². The van der Waals surface area contributed by atoms with Crippen LogP contribution in [0.3, 0.4) is 0 Å². The van der Waals surface area contributed by atoms with E-state index >= 15 is 0 Å². The average Bonchev–Trinajstić information content (AvgIpc) is 4.15. The van der Waals surface area contributed by atoms with Gasteiger partial charge in [-0.1, -0.05) is 22.0 Å². The van der Waals surface area contributed by atoms with Crippen LogP contribution in [0.25, 0.3) is 33.3 Å². The Hall–Kier alpha value is -6.11. The molecule has 2 saturated carbocycles. The summed E-state index contributed by atoms with van der Waals surface area (Å²) in [5.41, 5.74) is 6.35. The highest BCUT2D eigenvalue weighted by atomic mass is 79.9. The minimum absolute atomic E-state index is 0.182. The molecule has 0 N–H and O–H groups in total.